The van der Waals surface area contributed by atoms with E-state index in [0.29, 0.717) is 5.76 Å². The van der Waals surface area contributed by atoms with Gasteiger partial charge in [-0.3, -0.25) is 4.79 Å². The summed E-state index contributed by atoms with van der Waals surface area (Å²) < 4.78 is 5.87. The predicted molar refractivity (Wildman–Crippen MR) is 75.6 cm³/mol. The van der Waals surface area contributed by atoms with Crippen molar-refractivity contribution in [2.45, 2.75) is 52.6 Å². The molecule has 0 bridgehead atoms. The molecular weight excluding hydrogens is 254 g/mol. The number of rotatable bonds is 1. The van der Waals surface area contributed by atoms with Gasteiger partial charge in [0.25, 0.3) is 5.91 Å². The first-order valence-corrected chi connectivity index (χ1v) is 7.48. The van der Waals surface area contributed by atoms with E-state index in [1.54, 1.807) is 0 Å². The van der Waals surface area contributed by atoms with Crippen LogP contribution in [0, 0.1) is 12.3 Å². The second kappa shape index (κ2) is 4.62. The minimum Gasteiger partial charge on any atom is -0.455 e. The van der Waals surface area contributed by atoms with Gasteiger partial charge in [0, 0.05) is 30.6 Å². The van der Waals surface area contributed by atoms with Crippen molar-refractivity contribution in [1.82, 2.24) is 4.90 Å². The van der Waals surface area contributed by atoms with Gasteiger partial charge < -0.3 is 14.4 Å². The summed E-state index contributed by atoms with van der Waals surface area (Å²) in [6, 6.07) is 0. The molecule has 1 saturated heterocycles. The number of hydrogen-bond acceptors (Lipinski definition) is 3. The maximum Gasteiger partial charge on any atom is 0.289 e. The number of hydrogen-bond donors (Lipinski definition) is 1. The highest BCUT2D eigenvalue weighted by atomic mass is 16.4. The second-order valence-electron chi connectivity index (χ2n) is 6.95. The highest BCUT2D eigenvalue weighted by Gasteiger charge is 2.38. The lowest BCUT2D eigenvalue weighted by Gasteiger charge is -2.31. The van der Waals surface area contributed by atoms with Crippen molar-refractivity contribution in [3.05, 3.63) is 22.6 Å². The maximum atomic E-state index is 12.5. The number of furan rings is 1. The quantitative estimate of drug-likeness (QED) is 0.858. The van der Waals surface area contributed by atoms with Crippen LogP contribution in [0.25, 0.3) is 0 Å². The zero-order chi connectivity index (χ0) is 14.5. The first-order chi connectivity index (χ1) is 9.39. The van der Waals surface area contributed by atoms with E-state index in [9.17, 15) is 9.90 Å². The van der Waals surface area contributed by atoms with E-state index in [0.717, 1.165) is 55.7 Å². The number of aliphatic hydroxyl groups excluding tert-OH is 1. The van der Waals surface area contributed by atoms with Gasteiger partial charge in [-0.05, 0) is 31.6 Å². The fraction of sp³-hybridized carbons (Fsp3) is 0.688. The average molecular weight is 277 g/mol. The fourth-order valence-electron chi connectivity index (χ4n) is 3.55. The van der Waals surface area contributed by atoms with Crippen molar-refractivity contribution < 1.29 is 14.3 Å². The number of carbonyl (C=O) groups excluding carboxylic acids is 1. The number of likely N-dealkylation sites (tertiary alicyclic amines) is 1. The molecule has 0 spiro atoms. The largest absolute Gasteiger partial charge is 0.455 e. The van der Waals surface area contributed by atoms with E-state index in [4.69, 9.17) is 4.42 Å². The van der Waals surface area contributed by atoms with Crippen molar-refractivity contribution >= 4 is 5.91 Å². The molecule has 1 aromatic rings. The summed E-state index contributed by atoms with van der Waals surface area (Å²) in [4.78, 5) is 14.4. The van der Waals surface area contributed by atoms with Crippen LogP contribution < -0.4 is 0 Å². The predicted octanol–water partition coefficient (Wildman–Crippen LogP) is 2.83. The molecule has 0 saturated carbocycles. The van der Waals surface area contributed by atoms with E-state index in [-0.39, 0.29) is 11.3 Å². The van der Waals surface area contributed by atoms with Crippen LogP contribution in [0.4, 0.5) is 0 Å². The fourth-order valence-corrected chi connectivity index (χ4v) is 3.55. The molecule has 2 aliphatic rings. The molecule has 0 aromatic carbocycles. The van der Waals surface area contributed by atoms with Gasteiger partial charge >= 0.3 is 0 Å². The molecule has 1 amide bonds. The summed E-state index contributed by atoms with van der Waals surface area (Å²) in [5, 5.41) is 10.4. The topological polar surface area (TPSA) is 53.7 Å². The number of fused-ring (bicyclic) bond motifs is 1. The Labute approximate surface area is 119 Å². The third-order valence-corrected chi connectivity index (χ3v) is 4.58. The molecule has 20 heavy (non-hydrogen) atoms. The average Bonchev–Trinajstić information content (AvgIpc) is 2.94. The van der Waals surface area contributed by atoms with E-state index in [2.05, 4.69) is 13.8 Å². The number of aliphatic hydroxyl groups is 1. The lowest BCUT2D eigenvalue weighted by atomic mass is 9.75. The van der Waals surface area contributed by atoms with Crippen molar-refractivity contribution in [1.29, 1.82) is 0 Å². The molecular formula is C16H23NO3. The molecule has 1 aromatic heterocycles. The van der Waals surface area contributed by atoms with Crippen LogP contribution in [0.2, 0.25) is 0 Å². The second-order valence-corrected chi connectivity index (χ2v) is 6.95. The van der Waals surface area contributed by atoms with Crippen LogP contribution in [0.15, 0.2) is 4.42 Å². The number of amides is 1. The monoisotopic (exact) mass is 277 g/mol. The summed E-state index contributed by atoms with van der Waals surface area (Å²) in [5.74, 6) is 1.22. The van der Waals surface area contributed by atoms with E-state index in [1.165, 1.54) is 0 Å². The molecule has 0 unspecified atom stereocenters. The van der Waals surface area contributed by atoms with Crippen molar-refractivity contribution in [2.75, 3.05) is 13.1 Å². The van der Waals surface area contributed by atoms with Gasteiger partial charge in [-0.2, -0.15) is 0 Å². The van der Waals surface area contributed by atoms with Crippen LogP contribution in [0.5, 0.6) is 0 Å². The summed E-state index contributed by atoms with van der Waals surface area (Å²) >= 11 is 0. The lowest BCUT2D eigenvalue weighted by Crippen LogP contribution is -2.27. The molecule has 1 N–H and O–H groups in total. The third-order valence-electron chi connectivity index (χ3n) is 4.58. The Bertz CT molecular complexity index is 538. The van der Waals surface area contributed by atoms with E-state index < -0.39 is 6.10 Å². The van der Waals surface area contributed by atoms with Gasteiger partial charge in [-0.25, -0.2) is 0 Å². The first-order valence-electron chi connectivity index (χ1n) is 7.48. The lowest BCUT2D eigenvalue weighted by molar-refractivity contribution is 0.0748. The minimum absolute atomic E-state index is 0.0144. The van der Waals surface area contributed by atoms with Gasteiger partial charge in [-0.15, -0.1) is 0 Å². The molecule has 3 rings (SSSR count). The van der Waals surface area contributed by atoms with Crippen LogP contribution in [-0.2, 0) is 6.42 Å². The summed E-state index contributed by atoms with van der Waals surface area (Å²) in [5.41, 5.74) is 1.71. The third kappa shape index (κ3) is 2.16. The van der Waals surface area contributed by atoms with Crippen LogP contribution in [0.1, 0.15) is 66.7 Å². The SMILES string of the molecule is Cc1c(C(=O)N2CCCC2)oc2c1[C@@H](O)CC(C)(C)C2. The molecule has 1 aliphatic carbocycles. The van der Waals surface area contributed by atoms with E-state index >= 15 is 0 Å². The maximum absolute atomic E-state index is 12.5. The van der Waals surface area contributed by atoms with Gasteiger partial charge in [-0.1, -0.05) is 13.8 Å². The van der Waals surface area contributed by atoms with Crippen LogP contribution in [0.3, 0.4) is 0 Å². The molecule has 1 aliphatic heterocycles. The Morgan fingerprint density at radius 3 is 2.65 bits per heavy atom. The number of carbonyl (C=O) groups is 1. The van der Waals surface area contributed by atoms with Gasteiger partial charge in [0.1, 0.15) is 5.76 Å². The molecule has 0 radical (unpaired) electrons. The Kier molecular flexibility index (Phi) is 3.16. The molecule has 1 fully saturated rings. The summed E-state index contributed by atoms with van der Waals surface area (Å²) in [6.07, 6.45) is 3.13. The Balaban J connectivity index is 1.97. The molecule has 1 atom stereocenters. The van der Waals surface area contributed by atoms with Gasteiger partial charge in [0.2, 0.25) is 0 Å². The normalized spacial score (nSPS) is 24.8. The molecule has 2 heterocycles. The highest BCUT2D eigenvalue weighted by molar-refractivity contribution is 5.93. The minimum atomic E-state index is -0.516. The zero-order valence-corrected chi connectivity index (χ0v) is 12.5. The van der Waals surface area contributed by atoms with Crippen LogP contribution in [-0.4, -0.2) is 29.0 Å². The molecule has 4 heteroatoms. The Morgan fingerprint density at radius 2 is 2.00 bits per heavy atom. The zero-order valence-electron chi connectivity index (χ0n) is 12.5. The molecule has 110 valence electrons. The van der Waals surface area contributed by atoms with Crippen molar-refractivity contribution in [2.24, 2.45) is 5.41 Å². The smallest absolute Gasteiger partial charge is 0.289 e. The van der Waals surface area contributed by atoms with Crippen molar-refractivity contribution in [3.8, 4) is 0 Å². The summed E-state index contributed by atoms with van der Waals surface area (Å²) in [7, 11) is 0. The Hall–Kier alpha value is -1.29. The first kappa shape index (κ1) is 13.7. The van der Waals surface area contributed by atoms with Crippen LogP contribution >= 0.6 is 0 Å². The van der Waals surface area contributed by atoms with E-state index in [1.807, 2.05) is 11.8 Å². The standard InChI is InChI=1S/C16H23NO3/c1-10-13-11(18)8-16(2,3)9-12(13)20-14(10)15(19)17-6-4-5-7-17/h11,18H,4-9H2,1-3H3/t11-/m0/s1. The number of nitrogens with zero attached hydrogens (tertiary/aromatic N) is 1. The molecule has 4 nitrogen and oxygen atoms in total. The Morgan fingerprint density at radius 1 is 1.35 bits per heavy atom. The van der Waals surface area contributed by atoms with Crippen molar-refractivity contribution in [3.63, 3.8) is 0 Å². The summed E-state index contributed by atoms with van der Waals surface area (Å²) in [6.45, 7) is 7.78. The van der Waals surface area contributed by atoms with Gasteiger partial charge in [0.05, 0.1) is 6.10 Å². The van der Waals surface area contributed by atoms with Gasteiger partial charge in [0.15, 0.2) is 5.76 Å². The highest BCUT2D eigenvalue weighted by Crippen LogP contribution is 2.44.